The van der Waals surface area contributed by atoms with Crippen LogP contribution < -0.4 is 9.47 Å². The number of hydrogen-bond donors (Lipinski definition) is 0. The molecule has 0 amide bonds. The fourth-order valence-electron chi connectivity index (χ4n) is 2.13. The number of rotatable bonds is 5. The van der Waals surface area contributed by atoms with E-state index >= 15 is 0 Å². The number of methoxy groups -OCH3 is 2. The Morgan fingerprint density at radius 1 is 1.05 bits per heavy atom. The Hall–Kier alpha value is -2.36. The number of carbonyl (C=O) groups excluding carboxylic acids is 1. The van der Waals surface area contributed by atoms with Crippen molar-refractivity contribution in [1.82, 2.24) is 0 Å². The molecule has 3 nitrogen and oxygen atoms in total. The van der Waals surface area contributed by atoms with Gasteiger partial charge in [0.25, 0.3) is 0 Å². The molecule has 0 bridgehead atoms. The minimum atomic E-state index is -0.473. The van der Waals surface area contributed by atoms with Crippen molar-refractivity contribution in [1.29, 1.82) is 0 Å². The average molecular weight is 288 g/mol. The molecule has 0 fully saturated rings. The fraction of sp³-hybridized carbons (Fsp3) is 0.235. The maximum atomic E-state index is 13.6. The number of hydrogen-bond acceptors (Lipinski definition) is 3. The number of ketones is 1. The standard InChI is InChI=1S/C17H17FO3/c1-11-4-6-13(17(8-11)21-3)15(19)10-12-5-7-16(20-2)14(18)9-12/h4-9H,10H2,1-3H3. The summed E-state index contributed by atoms with van der Waals surface area (Å²) in [5.41, 5.74) is 2.11. The number of Topliss-reactive ketones (excluding diaryl/α,β-unsaturated/α-hetero) is 1. The molecule has 0 heterocycles. The van der Waals surface area contributed by atoms with Gasteiger partial charge in [-0.25, -0.2) is 4.39 Å². The lowest BCUT2D eigenvalue weighted by Gasteiger charge is -2.09. The lowest BCUT2D eigenvalue weighted by atomic mass is 10.0. The highest BCUT2D eigenvalue weighted by Gasteiger charge is 2.14. The third-order valence-electron chi connectivity index (χ3n) is 3.24. The second-order valence-electron chi connectivity index (χ2n) is 4.77. The number of ether oxygens (including phenoxy) is 2. The second-order valence-corrected chi connectivity index (χ2v) is 4.77. The van der Waals surface area contributed by atoms with Gasteiger partial charge in [0.1, 0.15) is 5.75 Å². The molecule has 4 heteroatoms. The molecule has 0 unspecified atom stereocenters. The van der Waals surface area contributed by atoms with E-state index in [4.69, 9.17) is 9.47 Å². The van der Waals surface area contributed by atoms with Crippen LogP contribution in [0.2, 0.25) is 0 Å². The van der Waals surface area contributed by atoms with Gasteiger partial charge in [0.15, 0.2) is 17.3 Å². The quantitative estimate of drug-likeness (QED) is 0.789. The van der Waals surface area contributed by atoms with Crippen LogP contribution in [0.1, 0.15) is 21.5 Å². The van der Waals surface area contributed by atoms with Crippen molar-refractivity contribution < 1.29 is 18.7 Å². The van der Waals surface area contributed by atoms with Crippen LogP contribution in [0.25, 0.3) is 0 Å². The van der Waals surface area contributed by atoms with E-state index < -0.39 is 5.82 Å². The van der Waals surface area contributed by atoms with Gasteiger partial charge in [0.05, 0.1) is 19.8 Å². The first-order chi connectivity index (χ1) is 10.0. The molecular formula is C17H17FO3. The normalized spacial score (nSPS) is 10.3. The maximum absolute atomic E-state index is 13.6. The monoisotopic (exact) mass is 288 g/mol. The van der Waals surface area contributed by atoms with Crippen molar-refractivity contribution in [2.75, 3.05) is 14.2 Å². The average Bonchev–Trinajstić information content (AvgIpc) is 2.47. The Balaban J connectivity index is 2.24. The summed E-state index contributed by atoms with van der Waals surface area (Å²) < 4.78 is 23.7. The Bertz CT molecular complexity index is 665. The summed E-state index contributed by atoms with van der Waals surface area (Å²) in [5.74, 6) is 0.114. The molecule has 0 spiro atoms. The first-order valence-electron chi connectivity index (χ1n) is 6.55. The Morgan fingerprint density at radius 2 is 1.76 bits per heavy atom. The molecule has 0 saturated heterocycles. The smallest absolute Gasteiger partial charge is 0.170 e. The summed E-state index contributed by atoms with van der Waals surface area (Å²) in [6, 6.07) is 9.91. The third-order valence-corrected chi connectivity index (χ3v) is 3.24. The van der Waals surface area contributed by atoms with Crippen LogP contribution in [-0.4, -0.2) is 20.0 Å². The van der Waals surface area contributed by atoms with Crippen molar-refractivity contribution >= 4 is 5.78 Å². The largest absolute Gasteiger partial charge is 0.496 e. The van der Waals surface area contributed by atoms with E-state index in [0.29, 0.717) is 16.9 Å². The second kappa shape index (κ2) is 6.39. The lowest BCUT2D eigenvalue weighted by molar-refractivity contribution is 0.0990. The molecular weight excluding hydrogens is 271 g/mol. The summed E-state index contributed by atoms with van der Waals surface area (Å²) in [4.78, 5) is 12.3. The predicted octanol–water partition coefficient (Wildman–Crippen LogP) is 3.58. The van der Waals surface area contributed by atoms with E-state index in [1.807, 2.05) is 19.1 Å². The molecule has 21 heavy (non-hydrogen) atoms. The molecule has 2 aromatic rings. The van der Waals surface area contributed by atoms with E-state index in [2.05, 4.69) is 0 Å². The first kappa shape index (κ1) is 15.0. The molecule has 0 N–H and O–H groups in total. The van der Waals surface area contributed by atoms with Gasteiger partial charge in [-0.1, -0.05) is 12.1 Å². The van der Waals surface area contributed by atoms with Crippen molar-refractivity contribution in [3.8, 4) is 11.5 Å². The molecule has 2 aromatic carbocycles. The molecule has 2 rings (SSSR count). The van der Waals surface area contributed by atoms with Gasteiger partial charge in [-0.15, -0.1) is 0 Å². The van der Waals surface area contributed by atoms with Gasteiger partial charge in [0.2, 0.25) is 0 Å². The van der Waals surface area contributed by atoms with Crippen LogP contribution in [0.3, 0.4) is 0 Å². The molecule has 0 atom stereocenters. The van der Waals surface area contributed by atoms with Gasteiger partial charge in [-0.2, -0.15) is 0 Å². The van der Waals surface area contributed by atoms with Crippen molar-refractivity contribution in [3.05, 3.63) is 58.9 Å². The van der Waals surface area contributed by atoms with Crippen LogP contribution in [0.5, 0.6) is 11.5 Å². The Morgan fingerprint density at radius 3 is 2.38 bits per heavy atom. The summed E-state index contributed by atoms with van der Waals surface area (Å²) in [7, 11) is 2.93. The van der Waals surface area contributed by atoms with Gasteiger partial charge < -0.3 is 9.47 Å². The number of benzene rings is 2. The van der Waals surface area contributed by atoms with Gasteiger partial charge >= 0.3 is 0 Å². The van der Waals surface area contributed by atoms with Gasteiger partial charge in [0, 0.05) is 6.42 Å². The molecule has 0 aliphatic heterocycles. The SMILES string of the molecule is COc1ccc(CC(=O)c2ccc(C)cc2OC)cc1F. The van der Waals surface area contributed by atoms with Crippen LogP contribution in [-0.2, 0) is 6.42 Å². The molecule has 0 radical (unpaired) electrons. The molecule has 110 valence electrons. The number of aryl methyl sites for hydroxylation is 1. The Kier molecular flexibility index (Phi) is 4.58. The van der Waals surface area contributed by atoms with E-state index in [1.54, 1.807) is 12.1 Å². The van der Waals surface area contributed by atoms with Crippen LogP contribution in [0.15, 0.2) is 36.4 Å². The predicted molar refractivity (Wildman–Crippen MR) is 78.7 cm³/mol. The summed E-state index contributed by atoms with van der Waals surface area (Å²) in [6.45, 7) is 1.93. The highest BCUT2D eigenvalue weighted by molar-refractivity contribution is 6.00. The summed E-state index contributed by atoms with van der Waals surface area (Å²) >= 11 is 0. The van der Waals surface area contributed by atoms with E-state index in [1.165, 1.54) is 26.4 Å². The van der Waals surface area contributed by atoms with E-state index in [-0.39, 0.29) is 18.0 Å². The zero-order chi connectivity index (χ0) is 15.4. The Labute approximate surface area is 123 Å². The first-order valence-corrected chi connectivity index (χ1v) is 6.55. The van der Waals surface area contributed by atoms with Crippen LogP contribution in [0, 0.1) is 12.7 Å². The highest BCUT2D eigenvalue weighted by Crippen LogP contribution is 2.23. The third kappa shape index (κ3) is 3.40. The van der Waals surface area contributed by atoms with E-state index in [9.17, 15) is 9.18 Å². The molecule has 0 aromatic heterocycles. The topological polar surface area (TPSA) is 35.5 Å². The van der Waals surface area contributed by atoms with Gasteiger partial charge in [-0.05, 0) is 42.3 Å². The van der Waals surface area contributed by atoms with Crippen molar-refractivity contribution in [2.24, 2.45) is 0 Å². The molecule has 0 saturated carbocycles. The van der Waals surface area contributed by atoms with Crippen molar-refractivity contribution in [2.45, 2.75) is 13.3 Å². The van der Waals surface area contributed by atoms with Crippen LogP contribution >= 0.6 is 0 Å². The van der Waals surface area contributed by atoms with Crippen LogP contribution in [0.4, 0.5) is 4.39 Å². The number of halogens is 1. The van der Waals surface area contributed by atoms with Gasteiger partial charge in [-0.3, -0.25) is 4.79 Å². The fourth-order valence-corrected chi connectivity index (χ4v) is 2.13. The minimum Gasteiger partial charge on any atom is -0.496 e. The molecule has 0 aliphatic rings. The van der Waals surface area contributed by atoms with Crippen molar-refractivity contribution in [3.63, 3.8) is 0 Å². The minimum absolute atomic E-state index is 0.111. The van der Waals surface area contributed by atoms with E-state index in [0.717, 1.165) is 5.56 Å². The maximum Gasteiger partial charge on any atom is 0.170 e. The summed E-state index contributed by atoms with van der Waals surface area (Å²) in [6.07, 6.45) is 0.111. The zero-order valence-electron chi connectivity index (χ0n) is 12.3. The summed E-state index contributed by atoms with van der Waals surface area (Å²) in [5, 5.41) is 0. The lowest BCUT2D eigenvalue weighted by Crippen LogP contribution is -2.06. The zero-order valence-corrected chi connectivity index (χ0v) is 12.3. The molecule has 0 aliphatic carbocycles. The number of carbonyl (C=O) groups is 1. The highest BCUT2D eigenvalue weighted by atomic mass is 19.1.